The van der Waals surface area contributed by atoms with Crippen LogP contribution in [0.15, 0.2) is 72.8 Å². The van der Waals surface area contributed by atoms with Crippen molar-refractivity contribution in [3.63, 3.8) is 0 Å². The monoisotopic (exact) mass is 548 g/mol. The zero-order valence-corrected chi connectivity index (χ0v) is 26.2. The van der Waals surface area contributed by atoms with E-state index < -0.39 is 0 Å². The third-order valence-electron chi connectivity index (χ3n) is 10.4. The fourth-order valence-corrected chi connectivity index (χ4v) is 9.10. The third kappa shape index (κ3) is 3.44. The van der Waals surface area contributed by atoms with Crippen LogP contribution in [0.2, 0.25) is 0 Å². The average Bonchev–Trinajstić information content (AvgIpc) is 3.24. The Hall–Kier alpha value is -3.78. The van der Waals surface area contributed by atoms with E-state index in [-0.39, 0.29) is 21.7 Å². The zero-order valence-electron chi connectivity index (χ0n) is 26.2. The molecule has 4 aromatic carbocycles. The highest BCUT2D eigenvalue weighted by Crippen LogP contribution is 2.52. The van der Waals surface area contributed by atoms with Crippen molar-refractivity contribution in [2.24, 2.45) is 0 Å². The molecule has 0 fully saturated rings. The quantitative estimate of drug-likeness (QED) is 0.191. The van der Waals surface area contributed by atoms with Gasteiger partial charge in [0.1, 0.15) is 0 Å². The highest BCUT2D eigenvalue weighted by molar-refractivity contribution is 6.19. The molecule has 0 amide bonds. The summed E-state index contributed by atoms with van der Waals surface area (Å²) >= 11 is 0. The van der Waals surface area contributed by atoms with Crippen LogP contribution in [-0.2, 0) is 21.7 Å². The summed E-state index contributed by atoms with van der Waals surface area (Å²) in [4.78, 5) is 10.9. The molecule has 0 radical (unpaired) electrons. The summed E-state index contributed by atoms with van der Waals surface area (Å²) in [5.41, 5.74) is 10.4. The van der Waals surface area contributed by atoms with Gasteiger partial charge in [-0.15, -0.1) is 0 Å². The molecule has 0 spiro atoms. The fraction of sp³-hybridized carbons (Fsp3) is 0.350. The van der Waals surface area contributed by atoms with Gasteiger partial charge in [-0.05, 0) is 81.0 Å². The summed E-state index contributed by atoms with van der Waals surface area (Å²) in [7, 11) is 0. The van der Waals surface area contributed by atoms with Crippen molar-refractivity contribution in [3.8, 4) is 11.1 Å². The van der Waals surface area contributed by atoms with E-state index in [0.29, 0.717) is 0 Å². The molecule has 2 aliphatic rings. The normalized spacial score (nSPS) is 19.5. The molecule has 42 heavy (non-hydrogen) atoms. The number of pyridine rings is 2. The number of hydrogen-bond donors (Lipinski definition) is 0. The lowest BCUT2D eigenvalue weighted by Gasteiger charge is -2.21. The molecule has 0 aliphatic heterocycles. The van der Waals surface area contributed by atoms with E-state index >= 15 is 0 Å². The molecule has 0 saturated heterocycles. The van der Waals surface area contributed by atoms with E-state index in [4.69, 9.17) is 9.97 Å². The van der Waals surface area contributed by atoms with Crippen LogP contribution in [0.3, 0.4) is 0 Å². The molecule has 0 unspecified atom stereocenters. The lowest BCUT2D eigenvalue weighted by molar-refractivity contribution is 0.399. The van der Waals surface area contributed by atoms with Gasteiger partial charge in [0.15, 0.2) is 0 Å². The van der Waals surface area contributed by atoms with Gasteiger partial charge >= 0.3 is 0 Å². The van der Waals surface area contributed by atoms with Gasteiger partial charge in [0.2, 0.25) is 0 Å². The molecular weight excluding hydrogens is 508 g/mol. The molecule has 0 atom stereocenters. The smallest absolute Gasteiger partial charge is 0.0784 e. The van der Waals surface area contributed by atoms with Crippen molar-refractivity contribution in [3.05, 3.63) is 95.3 Å². The van der Waals surface area contributed by atoms with Crippen molar-refractivity contribution in [1.29, 1.82) is 0 Å². The minimum absolute atomic E-state index is 0.0664. The molecule has 2 aliphatic carbocycles. The van der Waals surface area contributed by atoms with E-state index in [1.165, 1.54) is 66.0 Å². The Morgan fingerprint density at radius 2 is 0.810 bits per heavy atom. The van der Waals surface area contributed by atoms with Gasteiger partial charge in [0.05, 0.1) is 22.4 Å². The van der Waals surface area contributed by atoms with Crippen LogP contribution in [0.4, 0.5) is 0 Å². The maximum atomic E-state index is 5.44. The molecule has 8 rings (SSSR count). The first-order valence-corrected chi connectivity index (χ1v) is 15.5. The summed E-state index contributed by atoms with van der Waals surface area (Å²) in [5.74, 6) is 0. The Morgan fingerprint density at radius 3 is 1.19 bits per heavy atom. The van der Waals surface area contributed by atoms with Crippen molar-refractivity contribution in [1.82, 2.24) is 9.97 Å². The Balaban J connectivity index is 1.48. The van der Waals surface area contributed by atoms with Crippen LogP contribution in [-0.4, -0.2) is 9.97 Å². The largest absolute Gasteiger partial charge is 0.251 e. The molecule has 210 valence electrons. The number of fused-ring (bicyclic) bond motifs is 8. The molecule has 2 heteroatoms. The van der Waals surface area contributed by atoms with Gasteiger partial charge in [-0.1, -0.05) is 104 Å². The predicted octanol–water partition coefficient (Wildman–Crippen LogP) is 10.7. The van der Waals surface area contributed by atoms with Gasteiger partial charge in [0.25, 0.3) is 0 Å². The topological polar surface area (TPSA) is 25.8 Å². The van der Waals surface area contributed by atoms with Gasteiger partial charge in [-0.25, -0.2) is 0 Å². The van der Waals surface area contributed by atoms with Crippen LogP contribution < -0.4 is 0 Å². The first-order valence-electron chi connectivity index (χ1n) is 15.5. The van der Waals surface area contributed by atoms with Crippen LogP contribution in [0.5, 0.6) is 0 Å². The van der Waals surface area contributed by atoms with Crippen LogP contribution >= 0.6 is 0 Å². The highest BCUT2D eigenvalue weighted by atomic mass is 14.8. The number of aromatic nitrogens is 2. The summed E-state index contributed by atoms with van der Waals surface area (Å²) in [6.45, 7) is 18.9. The number of rotatable bonds is 1. The number of benzene rings is 4. The van der Waals surface area contributed by atoms with E-state index in [9.17, 15) is 0 Å². The Bertz CT molecular complexity index is 1990. The second kappa shape index (κ2) is 7.98. The first kappa shape index (κ1) is 25.9. The summed E-state index contributed by atoms with van der Waals surface area (Å²) < 4.78 is 0. The van der Waals surface area contributed by atoms with Crippen molar-refractivity contribution >= 4 is 43.4 Å². The standard InChI is InChI=1S/C40H40N2/c1-37(2)21-39(5,6)35-31(37)19-23-17-29(25-13-9-11-15-27(25)33(23)41-35)30-18-24-20-32-36(40(7,8)22-38(32,3)4)42-34(24)28-16-12-10-14-26(28)30/h9-20H,21-22H2,1-8H3. The predicted molar refractivity (Wildman–Crippen MR) is 179 cm³/mol. The van der Waals surface area contributed by atoms with Crippen LogP contribution in [0.25, 0.3) is 54.5 Å². The minimum Gasteiger partial charge on any atom is -0.251 e. The van der Waals surface area contributed by atoms with E-state index in [2.05, 4.69) is 128 Å². The average molecular weight is 549 g/mol. The van der Waals surface area contributed by atoms with Crippen molar-refractivity contribution < 1.29 is 0 Å². The Kier molecular flexibility index (Phi) is 4.92. The van der Waals surface area contributed by atoms with Crippen LogP contribution in [0.1, 0.15) is 90.7 Å². The van der Waals surface area contributed by atoms with Crippen molar-refractivity contribution in [2.45, 2.75) is 89.9 Å². The second-order valence-corrected chi connectivity index (χ2v) is 15.7. The summed E-state index contributed by atoms with van der Waals surface area (Å²) in [6, 6.07) is 27.4. The first-order chi connectivity index (χ1) is 19.8. The lowest BCUT2D eigenvalue weighted by atomic mass is 9.82. The molecule has 2 heterocycles. The Labute approximate surface area is 249 Å². The molecular formula is C40H40N2. The molecule has 2 nitrogen and oxygen atoms in total. The maximum Gasteiger partial charge on any atom is 0.0784 e. The van der Waals surface area contributed by atoms with Gasteiger partial charge in [-0.2, -0.15) is 0 Å². The van der Waals surface area contributed by atoms with Gasteiger partial charge < -0.3 is 0 Å². The van der Waals surface area contributed by atoms with Gasteiger partial charge in [-0.3, -0.25) is 9.97 Å². The Morgan fingerprint density at radius 1 is 0.452 bits per heavy atom. The SMILES string of the molecule is CC1(C)CC(C)(C)c2nc3c(cc21)cc(-c1cc2cc4c(nc2c2ccccc12)C(C)(C)CC4(C)C)c1ccccc13. The molecule has 0 bridgehead atoms. The lowest BCUT2D eigenvalue weighted by Crippen LogP contribution is -2.18. The highest BCUT2D eigenvalue weighted by Gasteiger charge is 2.44. The fourth-order valence-electron chi connectivity index (χ4n) is 9.10. The number of hydrogen-bond acceptors (Lipinski definition) is 2. The van der Waals surface area contributed by atoms with Gasteiger partial charge in [0, 0.05) is 32.4 Å². The summed E-state index contributed by atoms with van der Waals surface area (Å²) in [6.07, 6.45) is 2.23. The minimum atomic E-state index is 0.0664. The maximum absolute atomic E-state index is 5.44. The zero-order chi connectivity index (χ0) is 29.4. The van der Waals surface area contributed by atoms with E-state index in [0.717, 1.165) is 23.9 Å². The van der Waals surface area contributed by atoms with Crippen molar-refractivity contribution in [2.75, 3.05) is 0 Å². The second-order valence-electron chi connectivity index (χ2n) is 15.7. The molecule has 6 aromatic rings. The van der Waals surface area contributed by atoms with Crippen LogP contribution in [0, 0.1) is 0 Å². The number of nitrogens with zero attached hydrogens (tertiary/aromatic N) is 2. The molecule has 2 aromatic heterocycles. The van der Waals surface area contributed by atoms with E-state index in [1.54, 1.807) is 0 Å². The molecule has 0 saturated carbocycles. The molecule has 0 N–H and O–H groups in total. The third-order valence-corrected chi connectivity index (χ3v) is 10.4. The van der Waals surface area contributed by atoms with E-state index in [1.807, 2.05) is 0 Å². The summed E-state index contributed by atoms with van der Waals surface area (Å²) in [5, 5.41) is 7.43.